The van der Waals surface area contributed by atoms with E-state index >= 15 is 0 Å². The average molecular weight is 318 g/mol. The van der Waals surface area contributed by atoms with Gasteiger partial charge in [0.05, 0.1) is 6.10 Å². The number of hydrogen-bond acceptors (Lipinski definition) is 4. The second kappa shape index (κ2) is 8.63. The molecule has 0 aliphatic carbocycles. The molecule has 21 heavy (non-hydrogen) atoms. The first-order valence-corrected chi connectivity index (χ1v) is 8.70. The van der Waals surface area contributed by atoms with Crippen molar-refractivity contribution in [3.63, 3.8) is 0 Å². The van der Waals surface area contributed by atoms with Gasteiger partial charge in [-0.1, -0.05) is 26.0 Å². The summed E-state index contributed by atoms with van der Waals surface area (Å²) in [6.07, 6.45) is 6.02. The highest BCUT2D eigenvalue weighted by Gasteiger charge is 2.24. The summed E-state index contributed by atoms with van der Waals surface area (Å²) in [6.45, 7) is 4.20. The van der Waals surface area contributed by atoms with Crippen LogP contribution in [0.25, 0.3) is 0 Å². The lowest BCUT2D eigenvalue weighted by molar-refractivity contribution is -0.0169. The molecule has 6 nitrogen and oxygen atoms in total. The average Bonchev–Trinajstić information content (AvgIpc) is 2.43. The topological polar surface area (TPSA) is 88.0 Å². The molecule has 1 aliphatic heterocycles. The number of ether oxygens (including phenoxy) is 1. The van der Waals surface area contributed by atoms with Gasteiger partial charge in [0.15, 0.2) is 0 Å². The lowest BCUT2D eigenvalue weighted by Crippen LogP contribution is -2.35. The fourth-order valence-electron chi connectivity index (χ4n) is 2.35. The van der Waals surface area contributed by atoms with Gasteiger partial charge in [0.25, 0.3) is 0 Å². The summed E-state index contributed by atoms with van der Waals surface area (Å²) >= 11 is 0. The van der Waals surface area contributed by atoms with Gasteiger partial charge in [-0.2, -0.15) is 17.5 Å². The minimum atomic E-state index is -3.60. The predicted octanol–water partition coefficient (Wildman–Crippen LogP) is 1.28. The minimum Gasteiger partial charge on any atom is -0.390 e. The fraction of sp³-hybridized carbons (Fsp3) is 0.786. The Labute approximate surface area is 127 Å². The zero-order chi connectivity index (χ0) is 15.9. The summed E-state index contributed by atoms with van der Waals surface area (Å²) in [5, 5.41) is 10.3. The van der Waals surface area contributed by atoms with E-state index in [-0.39, 0.29) is 17.9 Å². The maximum Gasteiger partial charge on any atom is 0.319 e. The molecule has 0 fully saturated rings. The molecule has 7 heteroatoms. The molecule has 0 aromatic rings. The molecule has 1 heterocycles. The molecule has 2 N–H and O–H groups in total. The Morgan fingerprint density at radius 1 is 1.33 bits per heavy atom. The highest BCUT2D eigenvalue weighted by molar-refractivity contribution is 7.88. The van der Waals surface area contributed by atoms with Crippen LogP contribution in [0.3, 0.4) is 0 Å². The lowest BCUT2D eigenvalue weighted by atomic mass is 9.90. The van der Waals surface area contributed by atoms with Crippen LogP contribution in [-0.2, 0) is 14.9 Å². The monoisotopic (exact) mass is 318 g/mol. The van der Waals surface area contributed by atoms with E-state index in [9.17, 15) is 13.5 Å². The quantitative estimate of drug-likeness (QED) is 0.713. The van der Waals surface area contributed by atoms with Crippen molar-refractivity contribution in [3.8, 4) is 0 Å². The number of hydrogen-bond donors (Lipinski definition) is 2. The van der Waals surface area contributed by atoms with E-state index in [1.54, 1.807) is 7.11 Å². The summed E-state index contributed by atoms with van der Waals surface area (Å²) in [5.74, 6) is 0.106. The van der Waals surface area contributed by atoms with Gasteiger partial charge in [-0.25, -0.2) is 0 Å². The first kappa shape index (κ1) is 18.3. The van der Waals surface area contributed by atoms with Gasteiger partial charge in [-0.3, -0.25) is 0 Å². The predicted molar refractivity (Wildman–Crippen MR) is 83.5 cm³/mol. The van der Waals surface area contributed by atoms with E-state index in [0.29, 0.717) is 25.8 Å². The third kappa shape index (κ3) is 6.69. The Morgan fingerprint density at radius 2 is 2.05 bits per heavy atom. The van der Waals surface area contributed by atoms with E-state index in [0.717, 1.165) is 0 Å². The molecule has 0 aromatic heterocycles. The third-order valence-corrected chi connectivity index (χ3v) is 4.54. The van der Waals surface area contributed by atoms with Crippen LogP contribution in [0.4, 0.5) is 0 Å². The maximum atomic E-state index is 11.6. The van der Waals surface area contributed by atoms with Crippen molar-refractivity contribution in [1.29, 1.82) is 0 Å². The Morgan fingerprint density at radius 3 is 2.71 bits per heavy atom. The molecular weight excluding hydrogens is 292 g/mol. The van der Waals surface area contributed by atoms with E-state index in [1.807, 2.05) is 26.0 Å². The molecular formula is C14H26N2O4S. The Hall–Kier alpha value is -0.760. The maximum absolute atomic E-state index is 11.6. The molecule has 0 amide bonds. The van der Waals surface area contributed by atoms with Crippen LogP contribution in [0, 0.1) is 11.8 Å². The smallest absolute Gasteiger partial charge is 0.319 e. The second-order valence-corrected chi connectivity index (χ2v) is 7.08. The summed E-state index contributed by atoms with van der Waals surface area (Å²) in [4.78, 5) is 0. The molecule has 0 radical (unpaired) electrons. The van der Waals surface area contributed by atoms with Crippen LogP contribution in [0.1, 0.15) is 33.1 Å². The molecule has 4 atom stereocenters. The molecule has 0 aromatic carbocycles. The molecule has 0 saturated carbocycles. The van der Waals surface area contributed by atoms with E-state index < -0.39 is 16.3 Å². The van der Waals surface area contributed by atoms with Crippen LogP contribution >= 0.6 is 0 Å². The van der Waals surface area contributed by atoms with Crippen LogP contribution in [0.15, 0.2) is 16.5 Å². The van der Waals surface area contributed by atoms with Crippen molar-refractivity contribution < 1.29 is 18.3 Å². The number of methoxy groups -OCH3 is 1. The van der Waals surface area contributed by atoms with Crippen LogP contribution in [0.5, 0.6) is 0 Å². The van der Waals surface area contributed by atoms with Crippen LogP contribution in [-0.4, -0.2) is 45.6 Å². The van der Waals surface area contributed by atoms with Gasteiger partial charge in [0.1, 0.15) is 6.10 Å². The van der Waals surface area contributed by atoms with Crippen molar-refractivity contribution >= 4 is 16.4 Å². The zero-order valence-corrected chi connectivity index (χ0v) is 13.7. The number of allylic oxidation sites excluding steroid dienone is 1. The van der Waals surface area contributed by atoms with E-state index in [2.05, 4.69) is 9.12 Å². The SMILES string of the molecule is COC1/C=C/CCC=NS(=O)(=O)NCC(C)CC(C)C1O. The van der Waals surface area contributed by atoms with Gasteiger partial charge in [-0.15, -0.1) is 0 Å². The van der Waals surface area contributed by atoms with Crippen molar-refractivity contribution in [1.82, 2.24) is 4.72 Å². The Bertz CT molecular complexity index is 462. The van der Waals surface area contributed by atoms with Gasteiger partial charge in [0.2, 0.25) is 0 Å². The Kier molecular flexibility index (Phi) is 7.51. The van der Waals surface area contributed by atoms with Gasteiger partial charge in [0, 0.05) is 19.9 Å². The van der Waals surface area contributed by atoms with E-state index in [1.165, 1.54) is 6.21 Å². The van der Waals surface area contributed by atoms with Crippen molar-refractivity contribution in [2.75, 3.05) is 13.7 Å². The molecule has 122 valence electrons. The highest BCUT2D eigenvalue weighted by atomic mass is 32.2. The third-order valence-electron chi connectivity index (χ3n) is 3.58. The lowest BCUT2D eigenvalue weighted by Gasteiger charge is -2.26. The molecule has 1 rings (SSSR count). The zero-order valence-electron chi connectivity index (χ0n) is 12.9. The molecule has 1 aliphatic rings. The van der Waals surface area contributed by atoms with E-state index in [4.69, 9.17) is 4.74 Å². The van der Waals surface area contributed by atoms with Gasteiger partial charge in [-0.05, 0) is 31.1 Å². The van der Waals surface area contributed by atoms with Crippen LogP contribution in [0.2, 0.25) is 0 Å². The molecule has 0 saturated heterocycles. The number of rotatable bonds is 1. The van der Waals surface area contributed by atoms with Gasteiger partial charge >= 0.3 is 10.2 Å². The molecule has 4 unspecified atom stereocenters. The number of nitrogens with zero attached hydrogens (tertiary/aromatic N) is 1. The number of aliphatic hydroxyl groups excluding tert-OH is 1. The summed E-state index contributed by atoms with van der Waals surface area (Å²) < 4.78 is 34.6. The Balaban J connectivity index is 2.85. The first-order valence-electron chi connectivity index (χ1n) is 7.26. The summed E-state index contributed by atoms with van der Waals surface area (Å²) in [5.41, 5.74) is 0. The molecule has 0 bridgehead atoms. The van der Waals surface area contributed by atoms with Crippen molar-refractivity contribution in [2.24, 2.45) is 16.2 Å². The highest BCUT2D eigenvalue weighted by Crippen LogP contribution is 2.20. The first-order chi connectivity index (χ1) is 9.85. The fourth-order valence-corrected chi connectivity index (χ4v) is 3.22. The summed E-state index contributed by atoms with van der Waals surface area (Å²) in [7, 11) is -2.03. The standard InChI is InChI=1S/C14H26N2O4S/c1-11-9-12(2)14(17)13(20-3)7-5-4-6-8-15-21(18,19)16-10-11/h5,7-8,11-14,16-17H,4,6,9-10H2,1-3H3/b7-5+,15-8?. The molecule has 0 spiro atoms. The summed E-state index contributed by atoms with van der Waals surface area (Å²) in [6, 6.07) is 0. The number of aliphatic hydroxyl groups is 1. The minimum absolute atomic E-state index is 0.00514. The second-order valence-electron chi connectivity index (χ2n) is 5.63. The van der Waals surface area contributed by atoms with Crippen LogP contribution < -0.4 is 4.72 Å². The number of nitrogens with one attached hydrogen (secondary N) is 1. The van der Waals surface area contributed by atoms with Gasteiger partial charge < -0.3 is 9.84 Å². The van der Waals surface area contributed by atoms with Crippen molar-refractivity contribution in [3.05, 3.63) is 12.2 Å². The largest absolute Gasteiger partial charge is 0.390 e. The van der Waals surface area contributed by atoms with Crippen molar-refractivity contribution in [2.45, 2.75) is 45.3 Å². The normalized spacial score (nSPS) is 36.8.